The number of hydrogen-bond acceptors (Lipinski definition) is 3. The third-order valence-electron chi connectivity index (χ3n) is 3.33. The molecule has 0 aliphatic heterocycles. The Kier molecular flexibility index (Phi) is 6.55. The van der Waals surface area contributed by atoms with Crippen molar-refractivity contribution < 1.29 is 13.2 Å². The molecule has 1 rings (SSSR count). The summed E-state index contributed by atoms with van der Waals surface area (Å²) in [5.41, 5.74) is 0.408. The van der Waals surface area contributed by atoms with Gasteiger partial charge in [0, 0.05) is 11.6 Å². The minimum Gasteiger partial charge on any atom is -0.295 e. The first-order valence-corrected chi connectivity index (χ1v) is 8.84. The van der Waals surface area contributed by atoms with E-state index in [4.69, 9.17) is 0 Å². The second kappa shape index (κ2) is 7.71. The fourth-order valence-corrected chi connectivity index (χ4v) is 3.43. The van der Waals surface area contributed by atoms with Crippen LogP contribution in [0.5, 0.6) is 0 Å². The summed E-state index contributed by atoms with van der Waals surface area (Å²) < 4.78 is 27.3. The lowest BCUT2D eigenvalue weighted by Gasteiger charge is -2.15. The molecule has 1 aromatic carbocycles. The van der Waals surface area contributed by atoms with Gasteiger partial charge in [0.2, 0.25) is 10.0 Å². The van der Waals surface area contributed by atoms with Crippen molar-refractivity contribution in [2.75, 3.05) is 0 Å². The lowest BCUT2D eigenvalue weighted by Crippen LogP contribution is -2.32. The average Bonchev–Trinajstić information content (AvgIpc) is 2.37. The van der Waals surface area contributed by atoms with Crippen LogP contribution in [0.4, 0.5) is 0 Å². The highest BCUT2D eigenvalue weighted by Crippen LogP contribution is 2.14. The second-order valence-corrected chi connectivity index (χ2v) is 7.65. The van der Waals surface area contributed by atoms with Gasteiger partial charge >= 0.3 is 0 Å². The number of hydrogen-bond donors (Lipinski definition) is 1. The predicted octanol–water partition coefficient (Wildman–Crippen LogP) is 3.38. The summed E-state index contributed by atoms with van der Waals surface area (Å²) in [5.74, 6) is 0.484. The van der Waals surface area contributed by atoms with Gasteiger partial charge in [-0.05, 0) is 38.3 Å². The van der Waals surface area contributed by atoms with Crippen molar-refractivity contribution in [3.8, 4) is 0 Å². The van der Waals surface area contributed by atoms with Crippen LogP contribution in [0.1, 0.15) is 57.3 Å². The van der Waals surface area contributed by atoms with E-state index in [-0.39, 0.29) is 16.7 Å². The van der Waals surface area contributed by atoms with Crippen molar-refractivity contribution in [2.45, 2.75) is 57.9 Å². The molecule has 0 aliphatic carbocycles. The third kappa shape index (κ3) is 5.98. The highest BCUT2D eigenvalue weighted by Gasteiger charge is 2.18. The predicted molar refractivity (Wildman–Crippen MR) is 84.9 cm³/mol. The van der Waals surface area contributed by atoms with Crippen molar-refractivity contribution in [1.82, 2.24) is 4.72 Å². The number of sulfonamides is 1. The highest BCUT2D eigenvalue weighted by molar-refractivity contribution is 7.89. The van der Waals surface area contributed by atoms with Gasteiger partial charge < -0.3 is 0 Å². The molecular formula is C16H25NO3S. The van der Waals surface area contributed by atoms with Gasteiger partial charge in [-0.25, -0.2) is 13.1 Å². The van der Waals surface area contributed by atoms with E-state index in [1.165, 1.54) is 19.1 Å². The quantitative estimate of drug-likeness (QED) is 0.749. The van der Waals surface area contributed by atoms with E-state index in [0.29, 0.717) is 11.5 Å². The Labute approximate surface area is 128 Å². The van der Waals surface area contributed by atoms with Crippen LogP contribution in [-0.2, 0) is 10.0 Å². The Morgan fingerprint density at radius 1 is 1.19 bits per heavy atom. The van der Waals surface area contributed by atoms with Crippen molar-refractivity contribution >= 4 is 15.8 Å². The molecule has 1 atom stereocenters. The first-order valence-electron chi connectivity index (χ1n) is 7.35. The van der Waals surface area contributed by atoms with Crippen LogP contribution in [0.3, 0.4) is 0 Å². The summed E-state index contributed by atoms with van der Waals surface area (Å²) in [6.45, 7) is 7.60. The van der Waals surface area contributed by atoms with Crippen LogP contribution in [0, 0.1) is 5.92 Å². The number of carbonyl (C=O) groups is 1. The molecule has 21 heavy (non-hydrogen) atoms. The Hall–Kier alpha value is -1.20. The van der Waals surface area contributed by atoms with Crippen LogP contribution >= 0.6 is 0 Å². The van der Waals surface area contributed by atoms with Crippen LogP contribution in [0.15, 0.2) is 29.2 Å². The smallest absolute Gasteiger partial charge is 0.240 e. The summed E-state index contributed by atoms with van der Waals surface area (Å²) in [5, 5.41) is 0. The monoisotopic (exact) mass is 311 g/mol. The minimum atomic E-state index is -3.57. The molecule has 5 heteroatoms. The summed E-state index contributed by atoms with van der Waals surface area (Å²) in [6, 6.07) is 6.03. The normalized spacial score (nSPS) is 13.4. The summed E-state index contributed by atoms with van der Waals surface area (Å²) in [7, 11) is -3.57. The van der Waals surface area contributed by atoms with Crippen molar-refractivity contribution in [2.24, 2.45) is 5.92 Å². The van der Waals surface area contributed by atoms with E-state index in [2.05, 4.69) is 18.6 Å². The summed E-state index contributed by atoms with van der Waals surface area (Å²) >= 11 is 0. The zero-order valence-corrected chi connectivity index (χ0v) is 14.0. The molecule has 0 amide bonds. The molecule has 0 radical (unpaired) electrons. The first-order chi connectivity index (χ1) is 9.72. The van der Waals surface area contributed by atoms with Gasteiger partial charge in [0.25, 0.3) is 0 Å². The van der Waals surface area contributed by atoms with Crippen LogP contribution in [-0.4, -0.2) is 20.2 Å². The van der Waals surface area contributed by atoms with Gasteiger partial charge in [0.15, 0.2) is 5.78 Å². The van der Waals surface area contributed by atoms with E-state index < -0.39 is 10.0 Å². The van der Waals surface area contributed by atoms with Gasteiger partial charge in [-0.1, -0.05) is 38.8 Å². The highest BCUT2D eigenvalue weighted by atomic mass is 32.2. The molecule has 1 aromatic rings. The van der Waals surface area contributed by atoms with E-state index in [1.807, 2.05) is 6.92 Å². The maximum Gasteiger partial charge on any atom is 0.240 e. The molecule has 4 nitrogen and oxygen atoms in total. The van der Waals surface area contributed by atoms with Gasteiger partial charge in [0.05, 0.1) is 4.90 Å². The Morgan fingerprint density at radius 2 is 1.86 bits per heavy atom. The fraction of sp³-hybridized carbons (Fsp3) is 0.562. The SMILES string of the molecule is CC(=O)c1cccc(S(=O)(=O)N[C@H](C)CCCC(C)C)c1. The lowest BCUT2D eigenvalue weighted by atomic mass is 10.0. The molecule has 0 saturated carbocycles. The Balaban J connectivity index is 2.72. The second-order valence-electron chi connectivity index (χ2n) is 5.93. The zero-order chi connectivity index (χ0) is 16.0. The van der Waals surface area contributed by atoms with E-state index in [9.17, 15) is 13.2 Å². The van der Waals surface area contributed by atoms with E-state index in [1.54, 1.807) is 12.1 Å². The van der Waals surface area contributed by atoms with Crippen LogP contribution in [0.2, 0.25) is 0 Å². The van der Waals surface area contributed by atoms with Gasteiger partial charge in [0.1, 0.15) is 0 Å². The van der Waals surface area contributed by atoms with Crippen molar-refractivity contribution in [3.63, 3.8) is 0 Å². The maximum atomic E-state index is 12.3. The standard InChI is InChI=1S/C16H25NO3S/c1-12(2)7-5-8-13(3)17-21(19,20)16-10-6-9-15(11-16)14(4)18/h6,9-13,17H,5,7-8H2,1-4H3/t13-/m1/s1. The third-order valence-corrected chi connectivity index (χ3v) is 4.91. The first kappa shape index (κ1) is 17.9. The topological polar surface area (TPSA) is 63.2 Å². The number of rotatable bonds is 8. The summed E-state index contributed by atoms with van der Waals surface area (Å²) in [6.07, 6.45) is 2.89. The van der Waals surface area contributed by atoms with Crippen molar-refractivity contribution in [3.05, 3.63) is 29.8 Å². The van der Waals surface area contributed by atoms with Crippen LogP contribution in [0.25, 0.3) is 0 Å². The average molecular weight is 311 g/mol. The Morgan fingerprint density at radius 3 is 2.43 bits per heavy atom. The number of Topliss-reactive ketones (excluding diaryl/α,β-unsaturated/α-hetero) is 1. The maximum absolute atomic E-state index is 12.3. The van der Waals surface area contributed by atoms with Gasteiger partial charge in [-0.15, -0.1) is 0 Å². The number of ketones is 1. The minimum absolute atomic E-state index is 0.116. The fourth-order valence-electron chi connectivity index (χ4n) is 2.11. The number of benzene rings is 1. The molecular weight excluding hydrogens is 286 g/mol. The van der Waals surface area contributed by atoms with E-state index >= 15 is 0 Å². The molecule has 0 unspecified atom stereocenters. The Bertz CT molecular complexity index is 579. The van der Waals surface area contributed by atoms with Crippen molar-refractivity contribution in [1.29, 1.82) is 0 Å². The molecule has 0 saturated heterocycles. The van der Waals surface area contributed by atoms with Crippen LogP contribution < -0.4 is 4.72 Å². The number of nitrogens with one attached hydrogen (secondary N) is 1. The number of carbonyl (C=O) groups excluding carboxylic acids is 1. The summed E-state index contributed by atoms with van der Waals surface area (Å²) in [4.78, 5) is 11.5. The van der Waals surface area contributed by atoms with Gasteiger partial charge in [-0.3, -0.25) is 4.79 Å². The van der Waals surface area contributed by atoms with E-state index in [0.717, 1.165) is 19.3 Å². The molecule has 0 heterocycles. The molecule has 0 fully saturated rings. The largest absolute Gasteiger partial charge is 0.295 e. The lowest BCUT2D eigenvalue weighted by molar-refractivity contribution is 0.101. The molecule has 0 aromatic heterocycles. The molecule has 0 spiro atoms. The zero-order valence-electron chi connectivity index (χ0n) is 13.2. The molecule has 0 bridgehead atoms. The molecule has 118 valence electrons. The molecule has 1 N–H and O–H groups in total. The molecule has 0 aliphatic rings. The van der Waals surface area contributed by atoms with Gasteiger partial charge in [-0.2, -0.15) is 0 Å².